The molecule has 0 radical (unpaired) electrons. The van der Waals surface area contributed by atoms with E-state index >= 15 is 0 Å². The molecular formula is C25H34N2O6. The van der Waals surface area contributed by atoms with Crippen LogP contribution in [0.15, 0.2) is 22.7 Å². The molecule has 2 aromatic rings. The van der Waals surface area contributed by atoms with Gasteiger partial charge in [0.25, 0.3) is 0 Å². The Morgan fingerprint density at radius 2 is 1.73 bits per heavy atom. The van der Waals surface area contributed by atoms with E-state index in [9.17, 15) is 4.79 Å². The Kier molecular flexibility index (Phi) is 7.75. The molecule has 0 spiro atoms. The lowest BCUT2D eigenvalue weighted by Gasteiger charge is -2.30. The van der Waals surface area contributed by atoms with Gasteiger partial charge in [0.2, 0.25) is 11.7 Å². The highest BCUT2D eigenvalue weighted by Crippen LogP contribution is 2.41. The Balaban J connectivity index is 1.54. The average Bonchev–Trinajstić information content (AvgIpc) is 3.55. The molecule has 4 rings (SSSR count). The van der Waals surface area contributed by atoms with Crippen molar-refractivity contribution >= 4 is 5.91 Å². The van der Waals surface area contributed by atoms with Crippen molar-refractivity contribution in [3.05, 3.63) is 23.9 Å². The normalized spacial score (nSPS) is 18.8. The van der Waals surface area contributed by atoms with Crippen LogP contribution in [0.4, 0.5) is 0 Å². The van der Waals surface area contributed by atoms with Crippen molar-refractivity contribution in [2.75, 3.05) is 34.5 Å². The number of hydrogen-bond donors (Lipinski definition) is 0. The first-order valence-electron chi connectivity index (χ1n) is 11.8. The second kappa shape index (κ2) is 10.9. The number of ether oxygens (including phenoxy) is 4. The number of rotatable bonds is 9. The van der Waals surface area contributed by atoms with Gasteiger partial charge in [-0.15, -0.1) is 0 Å². The topological polar surface area (TPSA) is 83.3 Å². The third kappa shape index (κ3) is 5.43. The van der Waals surface area contributed by atoms with Crippen LogP contribution in [0, 0.1) is 5.92 Å². The highest BCUT2D eigenvalue weighted by Gasteiger charge is 2.30. The van der Waals surface area contributed by atoms with E-state index in [1.165, 1.54) is 6.42 Å². The second-order valence-electron chi connectivity index (χ2n) is 8.79. The van der Waals surface area contributed by atoms with E-state index in [4.69, 9.17) is 23.5 Å². The highest BCUT2D eigenvalue weighted by atomic mass is 16.5. The first-order chi connectivity index (χ1) is 16.1. The van der Waals surface area contributed by atoms with Crippen molar-refractivity contribution in [3.8, 4) is 28.6 Å². The molecule has 1 saturated carbocycles. The van der Waals surface area contributed by atoms with E-state index in [1.54, 1.807) is 21.3 Å². The first-order valence-corrected chi connectivity index (χ1v) is 11.8. The molecule has 1 atom stereocenters. The molecule has 2 fully saturated rings. The minimum absolute atomic E-state index is 0.0963. The van der Waals surface area contributed by atoms with E-state index < -0.39 is 0 Å². The molecule has 1 unspecified atom stereocenters. The van der Waals surface area contributed by atoms with E-state index in [0.29, 0.717) is 41.8 Å². The van der Waals surface area contributed by atoms with Crippen molar-refractivity contribution < 1.29 is 28.3 Å². The third-order valence-corrected chi connectivity index (χ3v) is 6.58. The van der Waals surface area contributed by atoms with Crippen molar-refractivity contribution in [1.29, 1.82) is 0 Å². The number of nitrogens with zero attached hydrogens (tertiary/aromatic N) is 2. The van der Waals surface area contributed by atoms with Crippen molar-refractivity contribution in [3.63, 3.8) is 0 Å². The first kappa shape index (κ1) is 23.4. The Hall–Kier alpha value is -2.74. The van der Waals surface area contributed by atoms with Crippen molar-refractivity contribution in [2.24, 2.45) is 5.92 Å². The Labute approximate surface area is 195 Å². The number of carbonyl (C=O) groups is 1. The highest BCUT2D eigenvalue weighted by molar-refractivity contribution is 5.79. The molecule has 1 aromatic carbocycles. The molecule has 1 amide bonds. The number of benzene rings is 1. The van der Waals surface area contributed by atoms with Crippen LogP contribution in [0.3, 0.4) is 0 Å². The van der Waals surface area contributed by atoms with Gasteiger partial charge in [0.15, 0.2) is 17.3 Å². The van der Waals surface area contributed by atoms with Crippen LogP contribution in [-0.2, 0) is 16.1 Å². The monoisotopic (exact) mass is 458 g/mol. The number of hydrogen-bond acceptors (Lipinski definition) is 7. The van der Waals surface area contributed by atoms with Gasteiger partial charge < -0.3 is 28.4 Å². The fourth-order valence-corrected chi connectivity index (χ4v) is 4.82. The van der Waals surface area contributed by atoms with E-state index in [1.807, 2.05) is 23.1 Å². The lowest BCUT2D eigenvalue weighted by atomic mass is 9.88. The summed E-state index contributed by atoms with van der Waals surface area (Å²) in [6.45, 7) is 1.77. The third-order valence-electron chi connectivity index (χ3n) is 6.58. The summed E-state index contributed by atoms with van der Waals surface area (Å²) in [5.74, 6) is 2.48. The smallest absolute Gasteiger partial charge is 0.226 e. The summed E-state index contributed by atoms with van der Waals surface area (Å²) < 4.78 is 27.8. The zero-order valence-electron chi connectivity index (χ0n) is 19.8. The molecule has 1 saturated heterocycles. The second-order valence-corrected chi connectivity index (χ2v) is 8.79. The number of carbonyl (C=O) groups excluding carboxylic acids is 1. The van der Waals surface area contributed by atoms with E-state index in [2.05, 4.69) is 5.16 Å². The molecule has 1 aliphatic carbocycles. The fraction of sp³-hybridized carbons (Fsp3) is 0.600. The van der Waals surface area contributed by atoms with Gasteiger partial charge in [-0.1, -0.05) is 24.4 Å². The molecule has 0 bridgehead atoms. The maximum atomic E-state index is 13.4. The predicted octanol–water partition coefficient (Wildman–Crippen LogP) is 4.46. The van der Waals surface area contributed by atoms with E-state index in [0.717, 1.165) is 50.7 Å². The molecule has 0 N–H and O–H groups in total. The van der Waals surface area contributed by atoms with Gasteiger partial charge in [0.1, 0.15) is 5.69 Å². The molecule has 180 valence electrons. The molecule has 2 heterocycles. The Morgan fingerprint density at radius 1 is 1.00 bits per heavy atom. The van der Waals surface area contributed by atoms with Crippen LogP contribution in [0.1, 0.15) is 50.6 Å². The lowest BCUT2D eigenvalue weighted by Crippen LogP contribution is -2.41. The summed E-state index contributed by atoms with van der Waals surface area (Å²) in [6, 6.07) is 5.52. The summed E-state index contributed by atoms with van der Waals surface area (Å²) in [4.78, 5) is 15.3. The molecule has 33 heavy (non-hydrogen) atoms. The zero-order chi connectivity index (χ0) is 23.2. The van der Waals surface area contributed by atoms with Crippen LogP contribution < -0.4 is 14.2 Å². The molecule has 8 nitrogen and oxygen atoms in total. The van der Waals surface area contributed by atoms with Gasteiger partial charge >= 0.3 is 0 Å². The molecule has 1 aromatic heterocycles. The SMILES string of the molecule is COc1cc(-c2cc(CN(CC3CCCO3)C(=O)C3CCCCC3)no2)cc(OC)c1OC. The molecule has 1 aliphatic heterocycles. The molecule has 2 aliphatic rings. The van der Waals surface area contributed by atoms with Gasteiger partial charge in [-0.25, -0.2) is 0 Å². The van der Waals surface area contributed by atoms with Crippen LogP contribution in [0.5, 0.6) is 17.2 Å². The zero-order valence-corrected chi connectivity index (χ0v) is 19.8. The fourth-order valence-electron chi connectivity index (χ4n) is 4.82. The largest absolute Gasteiger partial charge is 0.493 e. The van der Waals surface area contributed by atoms with Crippen LogP contribution in [0.25, 0.3) is 11.3 Å². The molecular weight excluding hydrogens is 424 g/mol. The van der Waals surface area contributed by atoms with Crippen molar-refractivity contribution in [2.45, 2.75) is 57.6 Å². The summed E-state index contributed by atoms with van der Waals surface area (Å²) in [7, 11) is 4.72. The van der Waals surface area contributed by atoms with Gasteiger partial charge in [-0.3, -0.25) is 4.79 Å². The van der Waals surface area contributed by atoms with Gasteiger partial charge in [-0.2, -0.15) is 0 Å². The lowest BCUT2D eigenvalue weighted by molar-refractivity contribution is -0.139. The van der Waals surface area contributed by atoms with Crippen molar-refractivity contribution in [1.82, 2.24) is 10.1 Å². The summed E-state index contributed by atoms with van der Waals surface area (Å²) in [5.41, 5.74) is 1.47. The maximum absolute atomic E-state index is 13.4. The molecule has 8 heteroatoms. The van der Waals surface area contributed by atoms with Crippen LogP contribution in [-0.4, -0.2) is 56.5 Å². The summed E-state index contributed by atoms with van der Waals surface area (Å²) in [6.07, 6.45) is 7.54. The van der Waals surface area contributed by atoms with Crippen LogP contribution >= 0.6 is 0 Å². The predicted molar refractivity (Wildman–Crippen MR) is 123 cm³/mol. The Morgan fingerprint density at radius 3 is 2.33 bits per heavy atom. The van der Waals surface area contributed by atoms with E-state index in [-0.39, 0.29) is 17.9 Å². The average molecular weight is 459 g/mol. The number of methoxy groups -OCH3 is 3. The van der Waals surface area contributed by atoms with Gasteiger partial charge in [-0.05, 0) is 37.8 Å². The minimum Gasteiger partial charge on any atom is -0.493 e. The summed E-state index contributed by atoms with van der Waals surface area (Å²) in [5, 5.41) is 4.27. The minimum atomic E-state index is 0.0963. The maximum Gasteiger partial charge on any atom is 0.226 e. The standard InChI is InChI=1S/C25H34N2O6/c1-29-22-12-18(13-23(30-2)24(22)31-3)21-14-19(26-33-21)15-27(16-20-10-7-11-32-20)25(28)17-8-5-4-6-9-17/h12-14,17,20H,4-11,15-16H2,1-3H3. The van der Waals surface area contributed by atoms with Gasteiger partial charge in [0, 0.05) is 30.7 Å². The number of amides is 1. The quantitative estimate of drug-likeness (QED) is 0.549. The summed E-state index contributed by atoms with van der Waals surface area (Å²) >= 11 is 0. The van der Waals surface area contributed by atoms with Gasteiger partial charge in [0.05, 0.1) is 34.0 Å². The van der Waals surface area contributed by atoms with Crippen LogP contribution in [0.2, 0.25) is 0 Å². The number of aromatic nitrogens is 1. The Bertz CT molecular complexity index is 906.